The van der Waals surface area contributed by atoms with Crippen LogP contribution in [-0.4, -0.2) is 22.3 Å². The van der Waals surface area contributed by atoms with Crippen LogP contribution in [0.25, 0.3) is 11.1 Å². The summed E-state index contributed by atoms with van der Waals surface area (Å²) in [5, 5.41) is 20.2. The number of nitro benzene ring substituents is 1. The van der Waals surface area contributed by atoms with Gasteiger partial charge in [-0.2, -0.15) is 0 Å². The molecule has 0 saturated heterocycles. The Morgan fingerprint density at radius 3 is 2.30 bits per heavy atom. The number of carboxylic acids is 1. The molecule has 6 nitrogen and oxygen atoms in total. The van der Waals surface area contributed by atoms with Crippen LogP contribution < -0.4 is 0 Å². The summed E-state index contributed by atoms with van der Waals surface area (Å²) < 4.78 is 0. The Bertz CT molecular complexity index is 659. The van der Waals surface area contributed by atoms with Crippen molar-refractivity contribution in [3.05, 3.63) is 63.7 Å². The number of nitro groups is 1. The molecule has 0 aliphatic heterocycles. The first kappa shape index (κ1) is 13.4. The Labute approximate surface area is 113 Å². The summed E-state index contributed by atoms with van der Waals surface area (Å²) >= 11 is 0. The lowest BCUT2D eigenvalue weighted by Gasteiger charge is -2.07. The van der Waals surface area contributed by atoms with E-state index >= 15 is 0 Å². The zero-order valence-electron chi connectivity index (χ0n) is 10.1. The minimum Gasteiger partial charge on any atom is -0.478 e. The summed E-state index contributed by atoms with van der Waals surface area (Å²) in [6.45, 7) is 0. The van der Waals surface area contributed by atoms with Gasteiger partial charge in [0.2, 0.25) is 0 Å². The van der Waals surface area contributed by atoms with E-state index in [-0.39, 0.29) is 16.8 Å². The molecule has 100 valence electrons. The van der Waals surface area contributed by atoms with Crippen LogP contribution in [-0.2, 0) is 0 Å². The summed E-state index contributed by atoms with van der Waals surface area (Å²) in [7, 11) is 0. The van der Waals surface area contributed by atoms with Crippen LogP contribution in [0.2, 0.25) is 0 Å². The van der Waals surface area contributed by atoms with E-state index in [0.717, 1.165) is 0 Å². The van der Waals surface area contributed by atoms with Gasteiger partial charge < -0.3 is 5.11 Å². The van der Waals surface area contributed by atoms with Crippen molar-refractivity contribution in [1.29, 1.82) is 0 Å². The van der Waals surface area contributed by atoms with Gasteiger partial charge in [0.05, 0.1) is 16.1 Å². The molecular formula is C14H9NO5. The summed E-state index contributed by atoms with van der Waals surface area (Å²) in [5.74, 6) is -1.25. The van der Waals surface area contributed by atoms with E-state index in [1.54, 1.807) is 0 Å². The number of aldehydes is 1. The van der Waals surface area contributed by atoms with Crippen molar-refractivity contribution in [2.45, 2.75) is 0 Å². The molecule has 0 saturated carbocycles. The second-order valence-electron chi connectivity index (χ2n) is 4.00. The Hall–Kier alpha value is -3.02. The lowest BCUT2D eigenvalue weighted by molar-refractivity contribution is -0.384. The second-order valence-corrected chi connectivity index (χ2v) is 4.00. The van der Waals surface area contributed by atoms with Gasteiger partial charge in [-0.15, -0.1) is 0 Å². The Kier molecular flexibility index (Phi) is 3.56. The smallest absolute Gasteiger partial charge is 0.336 e. The van der Waals surface area contributed by atoms with Crippen LogP contribution in [0.15, 0.2) is 42.5 Å². The third-order valence-corrected chi connectivity index (χ3v) is 2.81. The van der Waals surface area contributed by atoms with Crippen molar-refractivity contribution >= 4 is 17.9 Å². The van der Waals surface area contributed by atoms with Gasteiger partial charge in [-0.3, -0.25) is 14.9 Å². The first-order chi connectivity index (χ1) is 9.54. The van der Waals surface area contributed by atoms with Crippen molar-refractivity contribution in [3.8, 4) is 11.1 Å². The largest absolute Gasteiger partial charge is 0.478 e. The molecule has 0 spiro atoms. The monoisotopic (exact) mass is 271 g/mol. The molecule has 0 bridgehead atoms. The molecule has 2 aromatic rings. The van der Waals surface area contributed by atoms with E-state index in [4.69, 9.17) is 5.11 Å². The second kappa shape index (κ2) is 5.31. The molecular weight excluding hydrogens is 262 g/mol. The molecule has 0 radical (unpaired) electrons. The predicted molar refractivity (Wildman–Crippen MR) is 70.9 cm³/mol. The van der Waals surface area contributed by atoms with Gasteiger partial charge in [-0.05, 0) is 11.6 Å². The quantitative estimate of drug-likeness (QED) is 0.523. The van der Waals surface area contributed by atoms with E-state index in [1.807, 2.05) is 0 Å². The first-order valence-corrected chi connectivity index (χ1v) is 5.61. The zero-order chi connectivity index (χ0) is 14.7. The van der Waals surface area contributed by atoms with Crippen LogP contribution in [0.4, 0.5) is 5.69 Å². The third-order valence-electron chi connectivity index (χ3n) is 2.81. The lowest BCUT2D eigenvalue weighted by Crippen LogP contribution is -2.03. The third kappa shape index (κ3) is 2.39. The van der Waals surface area contributed by atoms with E-state index in [0.29, 0.717) is 17.4 Å². The highest BCUT2D eigenvalue weighted by Crippen LogP contribution is 2.33. The standard InChI is InChI=1S/C14H9NO5/c16-8-9-4-6-10(7-5-9)13-11(14(17)18)2-1-3-12(13)15(19)20/h1-8H,(H,17,18). The summed E-state index contributed by atoms with van der Waals surface area (Å²) in [6.07, 6.45) is 0.640. The van der Waals surface area contributed by atoms with Gasteiger partial charge in [0.25, 0.3) is 5.69 Å². The van der Waals surface area contributed by atoms with E-state index in [2.05, 4.69) is 0 Å². The fourth-order valence-electron chi connectivity index (χ4n) is 1.90. The molecule has 2 rings (SSSR count). The molecule has 0 aromatic heterocycles. The molecule has 2 aromatic carbocycles. The fourth-order valence-corrected chi connectivity index (χ4v) is 1.90. The summed E-state index contributed by atoms with van der Waals surface area (Å²) in [5.41, 5.74) is 0.369. The normalized spacial score (nSPS) is 10.0. The number of hydrogen-bond acceptors (Lipinski definition) is 4. The van der Waals surface area contributed by atoms with E-state index < -0.39 is 10.9 Å². The van der Waals surface area contributed by atoms with Crippen LogP contribution >= 0.6 is 0 Å². The lowest BCUT2D eigenvalue weighted by atomic mass is 9.97. The van der Waals surface area contributed by atoms with Crippen molar-refractivity contribution < 1.29 is 19.6 Å². The first-order valence-electron chi connectivity index (χ1n) is 5.61. The molecule has 1 N–H and O–H groups in total. The summed E-state index contributed by atoms with van der Waals surface area (Å²) in [6, 6.07) is 9.80. The number of carboxylic acid groups (broad SMARTS) is 1. The number of nitrogens with zero attached hydrogens (tertiary/aromatic N) is 1. The minimum atomic E-state index is -1.25. The van der Waals surface area contributed by atoms with Gasteiger partial charge in [0.15, 0.2) is 0 Å². The SMILES string of the molecule is O=Cc1ccc(-c2c(C(=O)O)cccc2[N+](=O)[O-])cc1. The molecule has 0 aliphatic rings. The highest BCUT2D eigenvalue weighted by Gasteiger charge is 2.22. The number of carbonyl (C=O) groups is 2. The average Bonchev–Trinajstić information content (AvgIpc) is 2.46. The molecule has 0 fully saturated rings. The van der Waals surface area contributed by atoms with Crippen molar-refractivity contribution in [2.24, 2.45) is 0 Å². The maximum atomic E-state index is 11.2. The average molecular weight is 271 g/mol. The van der Waals surface area contributed by atoms with Gasteiger partial charge in [-0.25, -0.2) is 4.79 Å². The Morgan fingerprint density at radius 1 is 1.15 bits per heavy atom. The molecule has 6 heteroatoms. The van der Waals surface area contributed by atoms with Crippen LogP contribution in [0.3, 0.4) is 0 Å². The van der Waals surface area contributed by atoms with Crippen LogP contribution in [0, 0.1) is 10.1 Å². The molecule has 0 amide bonds. The Morgan fingerprint density at radius 2 is 1.80 bits per heavy atom. The maximum absolute atomic E-state index is 11.2. The zero-order valence-corrected chi connectivity index (χ0v) is 10.1. The Balaban J connectivity index is 2.71. The predicted octanol–water partition coefficient (Wildman–Crippen LogP) is 2.77. The van der Waals surface area contributed by atoms with Crippen molar-refractivity contribution in [2.75, 3.05) is 0 Å². The highest BCUT2D eigenvalue weighted by atomic mass is 16.6. The molecule has 0 heterocycles. The highest BCUT2D eigenvalue weighted by molar-refractivity contribution is 5.99. The molecule has 0 unspecified atom stereocenters. The van der Waals surface area contributed by atoms with Gasteiger partial charge in [-0.1, -0.05) is 30.3 Å². The number of rotatable bonds is 4. The van der Waals surface area contributed by atoms with Gasteiger partial charge >= 0.3 is 5.97 Å². The minimum absolute atomic E-state index is 0.0300. The maximum Gasteiger partial charge on any atom is 0.336 e. The van der Waals surface area contributed by atoms with Crippen molar-refractivity contribution in [1.82, 2.24) is 0 Å². The fraction of sp³-hybridized carbons (Fsp3) is 0. The molecule has 20 heavy (non-hydrogen) atoms. The number of benzene rings is 2. The molecule has 0 aliphatic carbocycles. The van der Waals surface area contributed by atoms with Crippen molar-refractivity contribution in [3.63, 3.8) is 0 Å². The topological polar surface area (TPSA) is 97.5 Å². The van der Waals surface area contributed by atoms with E-state index in [9.17, 15) is 19.7 Å². The number of hydrogen-bond donors (Lipinski definition) is 1. The van der Waals surface area contributed by atoms with Gasteiger partial charge in [0.1, 0.15) is 6.29 Å². The van der Waals surface area contributed by atoms with Gasteiger partial charge in [0, 0.05) is 11.6 Å². The molecule has 0 atom stereocenters. The number of aromatic carboxylic acids is 1. The summed E-state index contributed by atoms with van der Waals surface area (Å²) in [4.78, 5) is 32.2. The number of carbonyl (C=O) groups excluding carboxylic acids is 1. The van der Waals surface area contributed by atoms with Crippen LogP contribution in [0.1, 0.15) is 20.7 Å². The van der Waals surface area contributed by atoms with E-state index in [1.165, 1.54) is 42.5 Å². The van der Waals surface area contributed by atoms with Crippen LogP contribution in [0.5, 0.6) is 0 Å².